The van der Waals surface area contributed by atoms with Crippen LogP contribution in [0.25, 0.3) is 5.57 Å². The molecule has 0 saturated carbocycles. The second kappa shape index (κ2) is 13.5. The van der Waals surface area contributed by atoms with Gasteiger partial charge >= 0.3 is 0 Å². The molecule has 2 heteroatoms. The van der Waals surface area contributed by atoms with Crippen LogP contribution >= 0.6 is 0 Å². The van der Waals surface area contributed by atoms with E-state index in [0.29, 0.717) is 5.92 Å². The van der Waals surface area contributed by atoms with E-state index < -0.39 is 0 Å². The highest BCUT2D eigenvalue weighted by Crippen LogP contribution is 2.32. The van der Waals surface area contributed by atoms with Gasteiger partial charge in [-0.2, -0.15) is 0 Å². The summed E-state index contributed by atoms with van der Waals surface area (Å²) in [4.78, 5) is 2.18. The molecule has 0 amide bonds. The molecule has 1 saturated heterocycles. The fourth-order valence-electron chi connectivity index (χ4n) is 4.31. The Morgan fingerprint density at radius 3 is 2.06 bits per heavy atom. The van der Waals surface area contributed by atoms with E-state index in [1.807, 2.05) is 13.8 Å². The van der Waals surface area contributed by atoms with E-state index >= 15 is 0 Å². The summed E-state index contributed by atoms with van der Waals surface area (Å²) in [6, 6.07) is 7.13. The predicted molar refractivity (Wildman–Crippen MR) is 145 cm³/mol. The second-order valence-electron chi connectivity index (χ2n) is 9.02. The lowest BCUT2D eigenvalue weighted by atomic mass is 9.86. The zero-order valence-electron chi connectivity index (χ0n) is 22.7. The molecular formula is C30H48N2. The van der Waals surface area contributed by atoms with Gasteiger partial charge in [0.05, 0.1) is 0 Å². The molecule has 1 aliphatic rings. The van der Waals surface area contributed by atoms with Gasteiger partial charge in [0.2, 0.25) is 0 Å². The van der Waals surface area contributed by atoms with Crippen LogP contribution in [0.3, 0.4) is 0 Å². The van der Waals surface area contributed by atoms with Gasteiger partial charge in [-0.05, 0) is 125 Å². The number of rotatable bonds is 6. The zero-order chi connectivity index (χ0) is 24.4. The molecule has 32 heavy (non-hydrogen) atoms. The van der Waals surface area contributed by atoms with Crippen LogP contribution in [0.15, 0.2) is 58.3 Å². The summed E-state index contributed by atoms with van der Waals surface area (Å²) in [6.07, 6.45) is 7.07. The van der Waals surface area contributed by atoms with Gasteiger partial charge in [-0.15, -0.1) is 0 Å². The van der Waals surface area contributed by atoms with Crippen molar-refractivity contribution >= 4 is 5.57 Å². The van der Waals surface area contributed by atoms with Crippen LogP contribution in [0.4, 0.5) is 0 Å². The first-order chi connectivity index (χ1) is 15.2. The summed E-state index contributed by atoms with van der Waals surface area (Å²) in [5.41, 5.74) is 12.2. The Bertz CT molecular complexity index is 872. The van der Waals surface area contributed by atoms with Crippen molar-refractivity contribution < 1.29 is 0 Å². The molecule has 1 fully saturated rings. The molecule has 0 aliphatic carbocycles. The van der Waals surface area contributed by atoms with Gasteiger partial charge in [0.25, 0.3) is 0 Å². The van der Waals surface area contributed by atoms with Crippen molar-refractivity contribution in [2.75, 3.05) is 27.2 Å². The van der Waals surface area contributed by atoms with Gasteiger partial charge in [0.15, 0.2) is 0 Å². The van der Waals surface area contributed by atoms with Crippen molar-refractivity contribution in [3.05, 3.63) is 75.0 Å². The zero-order valence-corrected chi connectivity index (χ0v) is 22.7. The van der Waals surface area contributed by atoms with Gasteiger partial charge in [0.1, 0.15) is 0 Å². The lowest BCUT2D eigenvalue weighted by Crippen LogP contribution is -2.26. The highest BCUT2D eigenvalue weighted by atomic mass is 15.1. The number of nitrogens with one attached hydrogen (secondary N) is 1. The quantitative estimate of drug-likeness (QED) is 0.454. The molecule has 2 nitrogen and oxygen atoms in total. The highest BCUT2D eigenvalue weighted by Gasteiger charge is 2.16. The minimum Gasteiger partial charge on any atom is -0.381 e. The number of hydrogen-bond donors (Lipinski definition) is 1. The van der Waals surface area contributed by atoms with Crippen molar-refractivity contribution in [2.24, 2.45) is 0 Å². The standard InChI is InChI=1S/C28H42N2.C2H6/c1-10-25(17-19(2)21(4)24(7)30(8)9)22(5)23(6)28-12-11-27(18-20(28)3)26-13-15-29-16-14-26;1-2/h10-12,17-18,26,29H,13-16H2,1-9H3;1-2H3/b19-17-,23-22+,24-21+,25-10+;. The molecule has 0 radical (unpaired) electrons. The maximum absolute atomic E-state index is 3.47. The van der Waals surface area contributed by atoms with E-state index in [9.17, 15) is 0 Å². The number of hydrogen-bond acceptors (Lipinski definition) is 2. The number of aryl methyl sites for hydroxylation is 1. The van der Waals surface area contributed by atoms with E-state index in [4.69, 9.17) is 0 Å². The normalized spacial score (nSPS) is 17.2. The number of benzene rings is 1. The topological polar surface area (TPSA) is 15.3 Å². The monoisotopic (exact) mass is 436 g/mol. The fraction of sp³-hybridized carbons (Fsp3) is 0.533. The summed E-state index contributed by atoms with van der Waals surface area (Å²) in [5.74, 6) is 0.704. The van der Waals surface area contributed by atoms with Crippen molar-refractivity contribution in [2.45, 2.75) is 81.1 Å². The first kappa shape index (κ1) is 28.0. The molecule has 1 N–H and O–H groups in total. The van der Waals surface area contributed by atoms with Gasteiger partial charge in [-0.3, -0.25) is 0 Å². The Hall–Kier alpha value is -2.06. The molecule has 0 spiro atoms. The smallest absolute Gasteiger partial charge is 0.0128 e. The summed E-state index contributed by atoms with van der Waals surface area (Å²) in [6.45, 7) is 21.8. The molecule has 1 aliphatic heterocycles. The first-order valence-electron chi connectivity index (χ1n) is 12.4. The summed E-state index contributed by atoms with van der Waals surface area (Å²) in [5, 5.41) is 3.47. The van der Waals surface area contributed by atoms with Gasteiger partial charge in [0, 0.05) is 19.8 Å². The Morgan fingerprint density at radius 1 is 0.969 bits per heavy atom. The molecular weight excluding hydrogens is 388 g/mol. The van der Waals surface area contributed by atoms with Crippen LogP contribution in [-0.4, -0.2) is 32.1 Å². The fourth-order valence-corrected chi connectivity index (χ4v) is 4.31. The third-order valence-corrected chi connectivity index (χ3v) is 6.95. The minimum absolute atomic E-state index is 0.704. The molecule has 1 aromatic carbocycles. The van der Waals surface area contributed by atoms with Crippen LogP contribution < -0.4 is 5.32 Å². The largest absolute Gasteiger partial charge is 0.381 e. The van der Waals surface area contributed by atoms with Crippen molar-refractivity contribution in [1.82, 2.24) is 10.2 Å². The Labute approximate surface area is 199 Å². The lowest BCUT2D eigenvalue weighted by molar-refractivity contribution is 0.460. The van der Waals surface area contributed by atoms with E-state index in [1.165, 1.54) is 63.1 Å². The number of nitrogens with zero attached hydrogens (tertiary/aromatic N) is 1. The number of allylic oxidation sites excluding steroid dienone is 8. The first-order valence-corrected chi connectivity index (χ1v) is 12.4. The molecule has 1 heterocycles. The highest BCUT2D eigenvalue weighted by molar-refractivity contribution is 5.74. The maximum atomic E-state index is 3.47. The maximum Gasteiger partial charge on any atom is 0.0128 e. The van der Waals surface area contributed by atoms with E-state index in [0.717, 1.165) is 13.1 Å². The molecule has 1 aromatic rings. The van der Waals surface area contributed by atoms with Crippen LogP contribution in [0, 0.1) is 6.92 Å². The Morgan fingerprint density at radius 2 is 1.56 bits per heavy atom. The molecule has 178 valence electrons. The average molecular weight is 437 g/mol. The summed E-state index contributed by atoms with van der Waals surface area (Å²) < 4.78 is 0. The van der Waals surface area contributed by atoms with Crippen molar-refractivity contribution in [1.29, 1.82) is 0 Å². The predicted octanol–water partition coefficient (Wildman–Crippen LogP) is 8.03. The van der Waals surface area contributed by atoms with Crippen LogP contribution in [0.2, 0.25) is 0 Å². The molecule has 0 aromatic heterocycles. The number of piperidine rings is 1. The van der Waals surface area contributed by atoms with Crippen LogP contribution in [0.5, 0.6) is 0 Å². The van der Waals surface area contributed by atoms with E-state index in [-0.39, 0.29) is 0 Å². The average Bonchev–Trinajstić information content (AvgIpc) is 2.82. The third kappa shape index (κ3) is 7.24. The Balaban J connectivity index is 0.00000249. The van der Waals surface area contributed by atoms with Gasteiger partial charge in [-0.1, -0.05) is 44.2 Å². The summed E-state index contributed by atoms with van der Waals surface area (Å²) >= 11 is 0. The summed E-state index contributed by atoms with van der Waals surface area (Å²) in [7, 11) is 4.21. The van der Waals surface area contributed by atoms with E-state index in [1.54, 1.807) is 0 Å². The minimum atomic E-state index is 0.704. The lowest BCUT2D eigenvalue weighted by Gasteiger charge is -2.24. The molecule has 0 bridgehead atoms. The molecule has 0 atom stereocenters. The molecule has 0 unspecified atom stereocenters. The van der Waals surface area contributed by atoms with Crippen molar-refractivity contribution in [3.8, 4) is 0 Å². The molecule has 2 rings (SSSR count). The van der Waals surface area contributed by atoms with Gasteiger partial charge < -0.3 is 10.2 Å². The second-order valence-corrected chi connectivity index (χ2v) is 9.02. The SMILES string of the molecule is C/C=C(\C=C(C)/C(C)=C(\C)N(C)C)C(/C)=C(\C)c1ccc(C2CCNCC2)cc1C.CC. The van der Waals surface area contributed by atoms with Crippen LogP contribution in [0.1, 0.15) is 90.8 Å². The third-order valence-electron chi connectivity index (χ3n) is 6.95. The van der Waals surface area contributed by atoms with Crippen LogP contribution in [-0.2, 0) is 0 Å². The van der Waals surface area contributed by atoms with Gasteiger partial charge in [-0.25, -0.2) is 0 Å². The van der Waals surface area contributed by atoms with Crippen molar-refractivity contribution in [3.63, 3.8) is 0 Å². The Kier molecular flexibility index (Phi) is 11.8. The van der Waals surface area contributed by atoms with E-state index in [2.05, 4.69) is 103 Å².